The van der Waals surface area contributed by atoms with Gasteiger partial charge in [0.05, 0.1) is 5.02 Å². The zero-order chi connectivity index (χ0) is 11.5. The van der Waals surface area contributed by atoms with Gasteiger partial charge in [0, 0.05) is 28.9 Å². The summed E-state index contributed by atoms with van der Waals surface area (Å²) in [6, 6.07) is 3.19. The van der Waals surface area contributed by atoms with E-state index in [2.05, 4.69) is 18.0 Å². The van der Waals surface area contributed by atoms with Gasteiger partial charge in [-0.1, -0.05) is 11.6 Å². The van der Waals surface area contributed by atoms with Crippen LogP contribution in [-0.4, -0.2) is 24.0 Å². The summed E-state index contributed by atoms with van der Waals surface area (Å²) in [6.45, 7) is 1.01. The van der Waals surface area contributed by atoms with E-state index < -0.39 is 0 Å². The second-order valence-electron chi connectivity index (χ2n) is 4.71. The highest BCUT2D eigenvalue weighted by Crippen LogP contribution is 2.25. The highest BCUT2D eigenvalue weighted by molar-refractivity contribution is 7.10. The summed E-state index contributed by atoms with van der Waals surface area (Å²) < 4.78 is 0. The van der Waals surface area contributed by atoms with E-state index in [1.807, 2.05) is 5.38 Å². The summed E-state index contributed by atoms with van der Waals surface area (Å²) in [7, 11) is 2.20. The van der Waals surface area contributed by atoms with Crippen LogP contribution >= 0.6 is 22.9 Å². The van der Waals surface area contributed by atoms with Crippen LogP contribution in [0.3, 0.4) is 0 Å². The number of thiophene rings is 1. The first-order valence-electron chi connectivity index (χ1n) is 5.84. The lowest BCUT2D eigenvalue weighted by atomic mass is 9.91. The first-order valence-corrected chi connectivity index (χ1v) is 7.09. The van der Waals surface area contributed by atoms with Crippen LogP contribution in [0.2, 0.25) is 5.02 Å². The predicted molar refractivity (Wildman–Crippen MR) is 71.0 cm³/mol. The Bertz CT molecular complexity index is 332. The largest absolute Gasteiger partial charge is 0.328 e. The van der Waals surface area contributed by atoms with E-state index in [0.717, 1.165) is 11.6 Å². The molecule has 4 heteroatoms. The molecule has 0 aliphatic heterocycles. The number of hydrogen-bond donors (Lipinski definition) is 1. The zero-order valence-electron chi connectivity index (χ0n) is 9.66. The first-order chi connectivity index (χ1) is 7.65. The SMILES string of the molecule is CN(Cc1cc(Cl)cs1)C1CCC(N)CC1. The minimum absolute atomic E-state index is 0.431. The number of nitrogens with zero attached hydrogens (tertiary/aromatic N) is 1. The topological polar surface area (TPSA) is 29.3 Å². The number of halogens is 1. The predicted octanol–water partition coefficient (Wildman–Crippen LogP) is 3.10. The normalized spacial score (nSPS) is 26.2. The molecule has 0 atom stereocenters. The Kier molecular flexibility index (Phi) is 4.25. The van der Waals surface area contributed by atoms with Crippen molar-refractivity contribution in [1.29, 1.82) is 0 Å². The van der Waals surface area contributed by atoms with Gasteiger partial charge in [-0.15, -0.1) is 11.3 Å². The van der Waals surface area contributed by atoms with Crippen molar-refractivity contribution in [2.75, 3.05) is 7.05 Å². The number of nitrogens with two attached hydrogens (primary N) is 1. The molecule has 0 aromatic carbocycles. The van der Waals surface area contributed by atoms with Crippen molar-refractivity contribution in [2.24, 2.45) is 5.73 Å². The van der Waals surface area contributed by atoms with Gasteiger partial charge in [-0.05, 0) is 38.8 Å². The maximum Gasteiger partial charge on any atom is 0.0516 e. The Morgan fingerprint density at radius 2 is 2.12 bits per heavy atom. The second kappa shape index (κ2) is 5.50. The van der Waals surface area contributed by atoms with Crippen molar-refractivity contribution in [1.82, 2.24) is 4.90 Å². The fourth-order valence-corrected chi connectivity index (χ4v) is 3.49. The molecule has 0 amide bonds. The number of rotatable bonds is 3. The third kappa shape index (κ3) is 3.20. The molecule has 2 nitrogen and oxygen atoms in total. The molecule has 1 fully saturated rings. The maximum absolute atomic E-state index is 5.92. The van der Waals surface area contributed by atoms with Crippen LogP contribution in [0.1, 0.15) is 30.6 Å². The molecule has 1 aromatic rings. The molecular formula is C12H19ClN2S. The van der Waals surface area contributed by atoms with Gasteiger partial charge in [-0.3, -0.25) is 4.90 Å². The molecule has 0 bridgehead atoms. The smallest absolute Gasteiger partial charge is 0.0516 e. The fourth-order valence-electron chi connectivity index (χ4n) is 2.35. The van der Waals surface area contributed by atoms with E-state index in [1.165, 1.54) is 30.6 Å². The summed E-state index contributed by atoms with van der Waals surface area (Å²) in [5.41, 5.74) is 5.92. The Morgan fingerprint density at radius 3 is 2.69 bits per heavy atom. The molecule has 1 saturated carbocycles. The first kappa shape index (κ1) is 12.4. The Hall–Kier alpha value is -0.0900. The quantitative estimate of drug-likeness (QED) is 0.903. The van der Waals surface area contributed by atoms with Crippen molar-refractivity contribution in [2.45, 2.75) is 44.3 Å². The molecule has 2 rings (SSSR count). The maximum atomic E-state index is 5.92. The van der Waals surface area contributed by atoms with Crippen molar-refractivity contribution < 1.29 is 0 Å². The molecule has 0 spiro atoms. The van der Waals surface area contributed by atoms with Crippen LogP contribution in [0.25, 0.3) is 0 Å². The molecule has 90 valence electrons. The lowest BCUT2D eigenvalue weighted by molar-refractivity contribution is 0.177. The fraction of sp³-hybridized carbons (Fsp3) is 0.667. The van der Waals surface area contributed by atoms with E-state index in [-0.39, 0.29) is 0 Å². The number of hydrogen-bond acceptors (Lipinski definition) is 3. The Labute approximate surface area is 106 Å². The van der Waals surface area contributed by atoms with Crippen LogP contribution in [0.4, 0.5) is 0 Å². The van der Waals surface area contributed by atoms with E-state index in [4.69, 9.17) is 17.3 Å². The van der Waals surface area contributed by atoms with Gasteiger partial charge in [0.15, 0.2) is 0 Å². The molecule has 0 saturated heterocycles. The van der Waals surface area contributed by atoms with Crippen LogP contribution in [-0.2, 0) is 6.54 Å². The van der Waals surface area contributed by atoms with Gasteiger partial charge in [0.2, 0.25) is 0 Å². The molecule has 0 unspecified atom stereocenters. The molecule has 0 radical (unpaired) electrons. The molecule has 1 heterocycles. The van der Waals surface area contributed by atoms with Crippen molar-refractivity contribution in [3.8, 4) is 0 Å². The van der Waals surface area contributed by atoms with Crippen molar-refractivity contribution >= 4 is 22.9 Å². The van der Waals surface area contributed by atoms with Crippen LogP contribution in [0.15, 0.2) is 11.4 Å². The minimum Gasteiger partial charge on any atom is -0.328 e. The lowest BCUT2D eigenvalue weighted by Crippen LogP contribution is -2.38. The molecular weight excluding hydrogens is 240 g/mol. The van der Waals surface area contributed by atoms with Crippen LogP contribution in [0.5, 0.6) is 0 Å². The average Bonchev–Trinajstić information content (AvgIpc) is 2.65. The molecule has 16 heavy (non-hydrogen) atoms. The van der Waals surface area contributed by atoms with E-state index in [9.17, 15) is 0 Å². The van der Waals surface area contributed by atoms with Gasteiger partial charge in [0.1, 0.15) is 0 Å². The monoisotopic (exact) mass is 258 g/mol. The standard InChI is InChI=1S/C12H19ClN2S/c1-15(7-12-6-9(13)8-16-12)11-4-2-10(14)3-5-11/h6,8,10-11H,2-5,7,14H2,1H3. The minimum atomic E-state index is 0.431. The van der Waals surface area contributed by atoms with Gasteiger partial charge in [0.25, 0.3) is 0 Å². The van der Waals surface area contributed by atoms with E-state index in [1.54, 1.807) is 11.3 Å². The summed E-state index contributed by atoms with van der Waals surface area (Å²) in [5.74, 6) is 0. The van der Waals surface area contributed by atoms with Gasteiger partial charge in [-0.2, -0.15) is 0 Å². The van der Waals surface area contributed by atoms with Crippen molar-refractivity contribution in [3.05, 3.63) is 21.3 Å². The van der Waals surface area contributed by atoms with Crippen molar-refractivity contribution in [3.63, 3.8) is 0 Å². The lowest BCUT2D eigenvalue weighted by Gasteiger charge is -2.33. The van der Waals surface area contributed by atoms with Gasteiger partial charge >= 0.3 is 0 Å². The average molecular weight is 259 g/mol. The summed E-state index contributed by atoms with van der Waals surface area (Å²) in [6.07, 6.45) is 4.80. The van der Waals surface area contributed by atoms with Crippen LogP contribution in [0, 0.1) is 0 Å². The molecule has 1 aliphatic rings. The molecule has 1 aliphatic carbocycles. The van der Waals surface area contributed by atoms with Gasteiger partial charge in [-0.25, -0.2) is 0 Å². The highest BCUT2D eigenvalue weighted by Gasteiger charge is 2.22. The summed E-state index contributed by atoms with van der Waals surface area (Å²) in [4.78, 5) is 3.79. The molecule has 1 aromatic heterocycles. The highest BCUT2D eigenvalue weighted by atomic mass is 35.5. The summed E-state index contributed by atoms with van der Waals surface area (Å²) in [5, 5.41) is 2.86. The Balaban J connectivity index is 1.85. The second-order valence-corrected chi connectivity index (χ2v) is 6.15. The van der Waals surface area contributed by atoms with E-state index in [0.29, 0.717) is 12.1 Å². The Morgan fingerprint density at radius 1 is 1.44 bits per heavy atom. The van der Waals surface area contributed by atoms with Crippen LogP contribution < -0.4 is 5.73 Å². The third-order valence-electron chi connectivity index (χ3n) is 3.39. The zero-order valence-corrected chi connectivity index (χ0v) is 11.2. The summed E-state index contributed by atoms with van der Waals surface area (Å²) >= 11 is 7.67. The van der Waals surface area contributed by atoms with E-state index >= 15 is 0 Å². The third-order valence-corrected chi connectivity index (χ3v) is 4.66. The van der Waals surface area contributed by atoms with Gasteiger partial charge < -0.3 is 5.73 Å². The molecule has 2 N–H and O–H groups in total.